The number of hydrogen-bond donors (Lipinski definition) is 2. The lowest BCUT2D eigenvalue weighted by atomic mass is 9.96. The van der Waals surface area contributed by atoms with Crippen molar-refractivity contribution in [3.05, 3.63) is 34.1 Å². The van der Waals surface area contributed by atoms with Gasteiger partial charge in [0.2, 0.25) is 0 Å². The standard InChI is InChI=1S/C13H17BrFNO2/c1-9-13(17,5-6-18-9)8-16-7-10-3-2-4-11(15)12(10)14/h2-4,9,16-17H,5-8H2,1H3. The molecule has 100 valence electrons. The fourth-order valence-corrected chi connectivity index (χ4v) is 2.51. The molecule has 0 amide bonds. The van der Waals surface area contributed by atoms with Gasteiger partial charge < -0.3 is 15.2 Å². The largest absolute Gasteiger partial charge is 0.386 e. The van der Waals surface area contributed by atoms with Gasteiger partial charge in [-0.3, -0.25) is 0 Å². The van der Waals surface area contributed by atoms with Crippen LogP contribution < -0.4 is 5.32 Å². The fraction of sp³-hybridized carbons (Fsp3) is 0.538. The molecular weight excluding hydrogens is 301 g/mol. The van der Waals surface area contributed by atoms with E-state index in [1.807, 2.05) is 13.0 Å². The molecule has 0 bridgehead atoms. The zero-order valence-corrected chi connectivity index (χ0v) is 11.8. The van der Waals surface area contributed by atoms with Crippen molar-refractivity contribution >= 4 is 15.9 Å². The summed E-state index contributed by atoms with van der Waals surface area (Å²) < 4.78 is 19.1. The average Bonchev–Trinajstić information content (AvgIpc) is 2.65. The monoisotopic (exact) mass is 317 g/mol. The lowest BCUT2D eigenvalue weighted by molar-refractivity contribution is -0.0263. The molecule has 1 aliphatic rings. The lowest BCUT2D eigenvalue weighted by Crippen LogP contribution is -2.45. The van der Waals surface area contributed by atoms with Crippen molar-refractivity contribution in [3.8, 4) is 0 Å². The van der Waals surface area contributed by atoms with E-state index in [-0.39, 0.29) is 11.9 Å². The molecule has 0 radical (unpaired) electrons. The Labute approximate surface area is 114 Å². The minimum absolute atomic E-state index is 0.166. The minimum Gasteiger partial charge on any atom is -0.386 e. The molecule has 2 N–H and O–H groups in total. The van der Waals surface area contributed by atoms with Crippen molar-refractivity contribution in [2.24, 2.45) is 0 Å². The summed E-state index contributed by atoms with van der Waals surface area (Å²) in [5, 5.41) is 13.4. The van der Waals surface area contributed by atoms with Crippen molar-refractivity contribution < 1.29 is 14.2 Å². The Balaban J connectivity index is 1.91. The molecule has 3 nitrogen and oxygen atoms in total. The van der Waals surface area contributed by atoms with Gasteiger partial charge in [-0.25, -0.2) is 4.39 Å². The predicted molar refractivity (Wildman–Crippen MR) is 70.8 cm³/mol. The second kappa shape index (κ2) is 5.65. The molecule has 1 heterocycles. The van der Waals surface area contributed by atoms with E-state index >= 15 is 0 Å². The van der Waals surface area contributed by atoms with E-state index in [2.05, 4.69) is 21.2 Å². The third-order valence-corrected chi connectivity index (χ3v) is 4.33. The summed E-state index contributed by atoms with van der Waals surface area (Å²) in [7, 11) is 0. The molecule has 1 aromatic carbocycles. The Morgan fingerprint density at radius 1 is 1.61 bits per heavy atom. The van der Waals surface area contributed by atoms with Crippen molar-refractivity contribution in [2.45, 2.75) is 31.6 Å². The molecule has 1 aliphatic heterocycles. The SMILES string of the molecule is CC1OCCC1(O)CNCc1cccc(F)c1Br. The van der Waals surface area contributed by atoms with E-state index in [0.29, 0.717) is 30.6 Å². The van der Waals surface area contributed by atoms with Crippen LogP contribution in [0.15, 0.2) is 22.7 Å². The van der Waals surface area contributed by atoms with E-state index < -0.39 is 5.60 Å². The van der Waals surface area contributed by atoms with Crippen LogP contribution in [0.5, 0.6) is 0 Å². The summed E-state index contributed by atoms with van der Waals surface area (Å²) in [6.45, 7) is 3.40. The molecule has 5 heteroatoms. The third-order valence-electron chi connectivity index (χ3n) is 3.44. The topological polar surface area (TPSA) is 41.5 Å². The second-order valence-corrected chi connectivity index (χ2v) is 5.48. The van der Waals surface area contributed by atoms with Crippen molar-refractivity contribution in [3.63, 3.8) is 0 Å². The van der Waals surface area contributed by atoms with Crippen LogP contribution in [0.1, 0.15) is 18.9 Å². The lowest BCUT2D eigenvalue weighted by Gasteiger charge is -2.26. The number of ether oxygens (including phenoxy) is 1. The van der Waals surface area contributed by atoms with Gasteiger partial charge in [0.15, 0.2) is 0 Å². The summed E-state index contributed by atoms with van der Waals surface area (Å²) in [5.41, 5.74) is 0.0185. The van der Waals surface area contributed by atoms with Crippen molar-refractivity contribution in [1.29, 1.82) is 0 Å². The Morgan fingerprint density at radius 3 is 3.06 bits per heavy atom. The molecule has 0 spiro atoms. The number of hydrogen-bond acceptors (Lipinski definition) is 3. The van der Waals surface area contributed by atoms with E-state index in [1.165, 1.54) is 6.07 Å². The second-order valence-electron chi connectivity index (χ2n) is 4.68. The minimum atomic E-state index is -0.820. The van der Waals surface area contributed by atoms with Crippen LogP contribution in [0.2, 0.25) is 0 Å². The van der Waals surface area contributed by atoms with Crippen LogP contribution >= 0.6 is 15.9 Å². The predicted octanol–water partition coefficient (Wildman–Crippen LogP) is 2.22. The smallest absolute Gasteiger partial charge is 0.137 e. The highest BCUT2D eigenvalue weighted by molar-refractivity contribution is 9.10. The molecule has 1 aromatic rings. The van der Waals surface area contributed by atoms with Gasteiger partial charge in [0.1, 0.15) is 11.4 Å². The van der Waals surface area contributed by atoms with Crippen LogP contribution in [-0.2, 0) is 11.3 Å². The summed E-state index contributed by atoms with van der Waals surface area (Å²) in [5.74, 6) is -0.273. The van der Waals surface area contributed by atoms with Gasteiger partial charge in [0, 0.05) is 26.1 Å². The maximum absolute atomic E-state index is 13.3. The Bertz CT molecular complexity index is 429. The molecule has 1 fully saturated rings. The number of benzene rings is 1. The molecule has 2 atom stereocenters. The van der Waals surface area contributed by atoms with Gasteiger partial charge in [0.05, 0.1) is 10.6 Å². The summed E-state index contributed by atoms with van der Waals surface area (Å²) in [6, 6.07) is 4.93. The zero-order chi connectivity index (χ0) is 13.2. The molecule has 0 saturated carbocycles. The molecular formula is C13H17BrFNO2. The number of halogens is 2. The first-order chi connectivity index (χ1) is 8.53. The zero-order valence-electron chi connectivity index (χ0n) is 10.2. The summed E-state index contributed by atoms with van der Waals surface area (Å²) in [4.78, 5) is 0. The van der Waals surface area contributed by atoms with Crippen molar-refractivity contribution in [1.82, 2.24) is 5.32 Å². The molecule has 2 rings (SSSR count). The van der Waals surface area contributed by atoms with Crippen LogP contribution in [0.4, 0.5) is 4.39 Å². The highest BCUT2D eigenvalue weighted by Gasteiger charge is 2.38. The first-order valence-electron chi connectivity index (χ1n) is 6.00. The maximum atomic E-state index is 13.3. The van der Waals surface area contributed by atoms with E-state index in [0.717, 1.165) is 5.56 Å². The van der Waals surface area contributed by atoms with Gasteiger partial charge in [-0.1, -0.05) is 12.1 Å². The van der Waals surface area contributed by atoms with E-state index in [1.54, 1.807) is 6.07 Å². The van der Waals surface area contributed by atoms with Gasteiger partial charge in [0.25, 0.3) is 0 Å². The molecule has 18 heavy (non-hydrogen) atoms. The van der Waals surface area contributed by atoms with Gasteiger partial charge >= 0.3 is 0 Å². The van der Waals surface area contributed by atoms with Crippen LogP contribution in [0, 0.1) is 5.82 Å². The van der Waals surface area contributed by atoms with E-state index in [4.69, 9.17) is 4.74 Å². The number of nitrogens with one attached hydrogen (secondary N) is 1. The normalized spacial score (nSPS) is 27.7. The van der Waals surface area contributed by atoms with Gasteiger partial charge in [-0.15, -0.1) is 0 Å². The number of aliphatic hydroxyl groups is 1. The van der Waals surface area contributed by atoms with Crippen LogP contribution in [0.25, 0.3) is 0 Å². The summed E-state index contributed by atoms with van der Waals surface area (Å²) >= 11 is 3.22. The fourth-order valence-electron chi connectivity index (χ4n) is 2.10. The Kier molecular flexibility index (Phi) is 4.37. The van der Waals surface area contributed by atoms with Crippen molar-refractivity contribution in [2.75, 3.05) is 13.2 Å². The van der Waals surface area contributed by atoms with Crippen LogP contribution in [0.3, 0.4) is 0 Å². The third kappa shape index (κ3) is 2.91. The highest BCUT2D eigenvalue weighted by Crippen LogP contribution is 2.25. The molecule has 2 unspecified atom stereocenters. The maximum Gasteiger partial charge on any atom is 0.137 e. The average molecular weight is 318 g/mol. The highest BCUT2D eigenvalue weighted by atomic mass is 79.9. The molecule has 1 saturated heterocycles. The van der Waals surface area contributed by atoms with Gasteiger partial charge in [-0.2, -0.15) is 0 Å². The van der Waals surface area contributed by atoms with E-state index in [9.17, 15) is 9.50 Å². The molecule has 0 aliphatic carbocycles. The first-order valence-corrected chi connectivity index (χ1v) is 6.80. The quantitative estimate of drug-likeness (QED) is 0.894. The van der Waals surface area contributed by atoms with Gasteiger partial charge in [-0.05, 0) is 34.5 Å². The first kappa shape index (κ1) is 13.9. The Hall–Kier alpha value is -0.490. The molecule has 0 aromatic heterocycles. The number of rotatable bonds is 4. The Morgan fingerprint density at radius 2 is 2.39 bits per heavy atom. The van der Waals surface area contributed by atoms with Crippen LogP contribution in [-0.4, -0.2) is 30.0 Å². The summed E-state index contributed by atoms with van der Waals surface area (Å²) in [6.07, 6.45) is 0.465.